The van der Waals surface area contributed by atoms with E-state index in [1.165, 1.54) is 22.3 Å². The molecule has 0 spiro atoms. The van der Waals surface area contributed by atoms with Crippen LogP contribution < -0.4 is 0 Å². The minimum atomic E-state index is 0.263. The van der Waals surface area contributed by atoms with Crippen LogP contribution in [0.2, 0.25) is 0 Å². The molecule has 0 fully saturated rings. The van der Waals surface area contributed by atoms with E-state index in [9.17, 15) is 5.26 Å². The van der Waals surface area contributed by atoms with Gasteiger partial charge in [0.15, 0.2) is 0 Å². The van der Waals surface area contributed by atoms with Crippen LogP contribution in [0.15, 0.2) is 60.8 Å². The van der Waals surface area contributed by atoms with Crippen LogP contribution in [0, 0.1) is 39.0 Å². The maximum atomic E-state index is 9.38. The zero-order valence-electron chi connectivity index (χ0n) is 20.2. The van der Waals surface area contributed by atoms with Gasteiger partial charge in [-0.3, -0.25) is 4.98 Å². The summed E-state index contributed by atoms with van der Waals surface area (Å²) in [5.41, 5.74) is 12.3. The van der Waals surface area contributed by atoms with Gasteiger partial charge in [0.25, 0.3) is 0 Å². The van der Waals surface area contributed by atoms with Crippen LogP contribution in [0.25, 0.3) is 33.8 Å². The van der Waals surface area contributed by atoms with Crippen molar-refractivity contribution in [2.24, 2.45) is 0 Å². The molecule has 0 N–H and O–H groups in total. The fraction of sp³-hybridized carbons (Fsp3) is 0.233. The van der Waals surface area contributed by atoms with Crippen LogP contribution in [-0.2, 0) is 0 Å². The van der Waals surface area contributed by atoms with Crippen molar-refractivity contribution >= 4 is 0 Å². The Labute approximate surface area is 196 Å². The van der Waals surface area contributed by atoms with Gasteiger partial charge in [0.2, 0.25) is 0 Å². The number of nitrogens with zero attached hydrogens (tertiary/aromatic N) is 3. The number of hydrogen-bond donors (Lipinski definition) is 0. The van der Waals surface area contributed by atoms with E-state index in [1.54, 1.807) is 0 Å². The summed E-state index contributed by atoms with van der Waals surface area (Å²) >= 11 is 0. The lowest BCUT2D eigenvalue weighted by atomic mass is 9.93. The second kappa shape index (κ2) is 9.00. The molecule has 0 unspecified atom stereocenters. The van der Waals surface area contributed by atoms with E-state index >= 15 is 0 Å². The van der Waals surface area contributed by atoms with E-state index in [0.29, 0.717) is 5.56 Å². The highest BCUT2D eigenvalue weighted by Gasteiger charge is 2.17. The Balaban J connectivity index is 2.00. The van der Waals surface area contributed by atoms with Crippen molar-refractivity contribution in [3.8, 4) is 39.8 Å². The number of nitriles is 1. The maximum Gasteiger partial charge on any atom is 0.0991 e. The Morgan fingerprint density at radius 1 is 0.727 bits per heavy atom. The van der Waals surface area contributed by atoms with E-state index in [1.807, 2.05) is 24.4 Å². The van der Waals surface area contributed by atoms with Gasteiger partial charge in [-0.2, -0.15) is 5.26 Å². The number of aryl methyl sites for hydroxylation is 4. The molecule has 33 heavy (non-hydrogen) atoms. The van der Waals surface area contributed by atoms with Crippen molar-refractivity contribution in [2.75, 3.05) is 0 Å². The van der Waals surface area contributed by atoms with Gasteiger partial charge in [0.1, 0.15) is 0 Å². The first kappa shape index (κ1) is 22.4. The van der Waals surface area contributed by atoms with E-state index < -0.39 is 0 Å². The lowest BCUT2D eigenvalue weighted by Gasteiger charge is -2.16. The van der Waals surface area contributed by atoms with Crippen molar-refractivity contribution < 1.29 is 0 Å². The molecule has 164 valence electrons. The molecule has 1 aromatic heterocycles. The maximum absolute atomic E-state index is 9.38. The molecule has 0 aliphatic rings. The van der Waals surface area contributed by atoms with E-state index in [4.69, 9.17) is 9.97 Å². The van der Waals surface area contributed by atoms with Gasteiger partial charge in [-0.15, -0.1) is 0 Å². The quantitative estimate of drug-likeness (QED) is 0.332. The molecule has 0 saturated carbocycles. The minimum Gasteiger partial charge on any atom is -0.252 e. The second-order valence-corrected chi connectivity index (χ2v) is 9.27. The fourth-order valence-electron chi connectivity index (χ4n) is 4.50. The molecule has 1 heterocycles. The molecule has 0 bridgehead atoms. The highest BCUT2D eigenvalue weighted by atomic mass is 14.8. The van der Waals surface area contributed by atoms with Crippen LogP contribution in [0.5, 0.6) is 0 Å². The zero-order valence-corrected chi connectivity index (χ0v) is 20.2. The van der Waals surface area contributed by atoms with E-state index in [0.717, 1.165) is 39.3 Å². The summed E-state index contributed by atoms with van der Waals surface area (Å²) in [4.78, 5) is 10.1. The monoisotopic (exact) mass is 431 g/mol. The number of hydrogen-bond acceptors (Lipinski definition) is 3. The molecule has 0 radical (unpaired) electrons. The number of rotatable bonds is 4. The van der Waals surface area contributed by atoms with Crippen molar-refractivity contribution in [1.82, 2.24) is 9.97 Å². The minimum absolute atomic E-state index is 0.263. The summed E-state index contributed by atoms with van der Waals surface area (Å²) in [6.07, 6.45) is 1.87. The van der Waals surface area contributed by atoms with Gasteiger partial charge >= 0.3 is 0 Å². The topological polar surface area (TPSA) is 49.6 Å². The molecule has 0 aliphatic heterocycles. The van der Waals surface area contributed by atoms with Crippen LogP contribution >= 0.6 is 0 Å². The Morgan fingerprint density at radius 2 is 1.27 bits per heavy atom. The van der Waals surface area contributed by atoms with Gasteiger partial charge in [-0.05, 0) is 75.6 Å². The largest absolute Gasteiger partial charge is 0.252 e. The molecule has 0 saturated heterocycles. The molecule has 3 aromatic carbocycles. The number of aromatic nitrogens is 2. The Morgan fingerprint density at radius 3 is 1.79 bits per heavy atom. The lowest BCUT2D eigenvalue weighted by Crippen LogP contribution is -2.00. The van der Waals surface area contributed by atoms with Crippen LogP contribution in [-0.4, -0.2) is 9.97 Å². The third-order valence-corrected chi connectivity index (χ3v) is 5.84. The lowest BCUT2D eigenvalue weighted by molar-refractivity contribution is 0.867. The van der Waals surface area contributed by atoms with Crippen LogP contribution in [0.4, 0.5) is 0 Å². The van der Waals surface area contributed by atoms with Crippen molar-refractivity contribution in [2.45, 2.75) is 47.5 Å². The fourth-order valence-corrected chi connectivity index (χ4v) is 4.50. The molecule has 0 amide bonds. The molecule has 3 nitrogen and oxygen atoms in total. The first-order valence-electron chi connectivity index (χ1n) is 11.3. The van der Waals surface area contributed by atoms with Crippen molar-refractivity contribution in [1.29, 1.82) is 5.26 Å². The summed E-state index contributed by atoms with van der Waals surface area (Å²) in [5.74, 6) is 0.263. The summed E-state index contributed by atoms with van der Waals surface area (Å²) in [6, 6.07) is 21.1. The normalized spacial score (nSPS) is 11.0. The van der Waals surface area contributed by atoms with Gasteiger partial charge in [0, 0.05) is 16.7 Å². The summed E-state index contributed by atoms with van der Waals surface area (Å²) < 4.78 is 0. The highest BCUT2D eigenvalue weighted by Crippen LogP contribution is 2.35. The van der Waals surface area contributed by atoms with E-state index in [2.05, 4.69) is 84.0 Å². The SMILES string of the molecule is Cc1cc(C)cc(-c2ncc(-c3ccc(C#N)cc3C(C)C)nc2-c2cc(C)cc(C)c2)c1. The average Bonchev–Trinajstić information content (AvgIpc) is 2.77. The standard InChI is InChI=1S/C30H29N3/c1-18(2)27-15-23(16-31)7-8-26(27)28-17-32-29(24-11-19(3)9-20(4)12-24)30(33-28)25-13-21(5)10-22(6)14-25/h7-15,17-18H,1-6H3. The predicted octanol–water partition coefficient (Wildman–Crippen LogP) is 7.71. The van der Waals surface area contributed by atoms with Gasteiger partial charge in [-0.1, -0.05) is 54.3 Å². The first-order valence-corrected chi connectivity index (χ1v) is 11.3. The summed E-state index contributed by atoms with van der Waals surface area (Å²) in [7, 11) is 0. The van der Waals surface area contributed by atoms with Gasteiger partial charge in [0.05, 0.1) is 34.9 Å². The Hall–Kier alpha value is -3.77. The molecule has 4 rings (SSSR count). The highest BCUT2D eigenvalue weighted by molar-refractivity contribution is 5.81. The molecular weight excluding hydrogens is 402 g/mol. The number of benzene rings is 3. The van der Waals surface area contributed by atoms with Gasteiger partial charge in [-0.25, -0.2) is 4.98 Å². The van der Waals surface area contributed by atoms with Crippen molar-refractivity contribution in [3.63, 3.8) is 0 Å². The van der Waals surface area contributed by atoms with Crippen LogP contribution in [0.3, 0.4) is 0 Å². The van der Waals surface area contributed by atoms with E-state index in [-0.39, 0.29) is 5.92 Å². The zero-order chi connectivity index (χ0) is 23.7. The van der Waals surface area contributed by atoms with Gasteiger partial charge < -0.3 is 0 Å². The average molecular weight is 432 g/mol. The third-order valence-electron chi connectivity index (χ3n) is 5.84. The molecule has 3 heteroatoms. The first-order chi connectivity index (χ1) is 15.7. The summed E-state index contributed by atoms with van der Waals surface area (Å²) in [5, 5.41) is 9.38. The second-order valence-electron chi connectivity index (χ2n) is 9.27. The molecule has 0 atom stereocenters. The summed E-state index contributed by atoms with van der Waals surface area (Å²) in [6.45, 7) is 12.7. The molecular formula is C30H29N3. The Bertz CT molecular complexity index is 1350. The smallest absolute Gasteiger partial charge is 0.0991 e. The third kappa shape index (κ3) is 4.71. The molecule has 4 aromatic rings. The van der Waals surface area contributed by atoms with Crippen molar-refractivity contribution in [3.05, 3.63) is 94.2 Å². The Kier molecular flexibility index (Phi) is 6.11. The molecule has 0 aliphatic carbocycles. The predicted molar refractivity (Wildman–Crippen MR) is 136 cm³/mol. The van der Waals surface area contributed by atoms with Crippen LogP contribution in [0.1, 0.15) is 53.1 Å².